The molecule has 0 bridgehead atoms. The summed E-state index contributed by atoms with van der Waals surface area (Å²) >= 11 is 0. The van der Waals surface area contributed by atoms with Crippen LogP contribution in [0.3, 0.4) is 0 Å². The molecule has 0 unspecified atom stereocenters. The maximum atomic E-state index is 13.0. The van der Waals surface area contributed by atoms with Crippen LogP contribution in [0, 0.1) is 6.92 Å². The van der Waals surface area contributed by atoms with Crippen LogP contribution in [0.1, 0.15) is 12.2 Å². The van der Waals surface area contributed by atoms with Crippen molar-refractivity contribution in [2.75, 3.05) is 12.4 Å². The maximum absolute atomic E-state index is 13.0. The lowest BCUT2D eigenvalue weighted by molar-refractivity contribution is -0.116. The van der Waals surface area contributed by atoms with Gasteiger partial charge < -0.3 is 10.1 Å². The van der Waals surface area contributed by atoms with Crippen molar-refractivity contribution >= 4 is 22.6 Å². The number of hydrogen-bond acceptors (Lipinski definition) is 5. The predicted molar refractivity (Wildman–Crippen MR) is 114 cm³/mol. The Hall–Kier alpha value is -3.94. The highest BCUT2D eigenvalue weighted by atomic mass is 16.5. The Morgan fingerprint density at radius 1 is 1.10 bits per heavy atom. The molecule has 0 radical (unpaired) electrons. The fraction of sp³-hybridized carbons (Fsp3) is 0.182. The molecule has 0 saturated heterocycles. The van der Waals surface area contributed by atoms with Crippen LogP contribution in [0.15, 0.2) is 65.6 Å². The number of anilines is 1. The van der Waals surface area contributed by atoms with Crippen molar-refractivity contribution < 1.29 is 9.53 Å². The molecule has 152 valence electrons. The van der Waals surface area contributed by atoms with Crippen molar-refractivity contribution in [3.8, 4) is 11.4 Å². The Labute approximate surface area is 172 Å². The van der Waals surface area contributed by atoms with Crippen LogP contribution < -0.4 is 15.6 Å². The van der Waals surface area contributed by atoms with Crippen LogP contribution in [0.2, 0.25) is 0 Å². The first-order valence-corrected chi connectivity index (χ1v) is 9.52. The lowest BCUT2D eigenvalue weighted by Crippen LogP contribution is -2.26. The number of para-hydroxylation sites is 3. The van der Waals surface area contributed by atoms with Gasteiger partial charge in [-0.3, -0.25) is 14.2 Å². The lowest BCUT2D eigenvalue weighted by atomic mass is 10.2. The molecule has 0 aliphatic carbocycles. The van der Waals surface area contributed by atoms with Gasteiger partial charge in [-0.2, -0.15) is 5.10 Å². The molecule has 0 fully saturated rings. The van der Waals surface area contributed by atoms with E-state index >= 15 is 0 Å². The van der Waals surface area contributed by atoms with Gasteiger partial charge in [0.25, 0.3) is 5.56 Å². The fourth-order valence-corrected chi connectivity index (χ4v) is 3.30. The van der Waals surface area contributed by atoms with E-state index in [1.807, 2.05) is 42.5 Å². The molecule has 8 heteroatoms. The van der Waals surface area contributed by atoms with Crippen LogP contribution in [0.4, 0.5) is 5.69 Å². The second-order valence-corrected chi connectivity index (χ2v) is 6.74. The van der Waals surface area contributed by atoms with E-state index in [0.29, 0.717) is 28.3 Å². The van der Waals surface area contributed by atoms with Gasteiger partial charge in [0.1, 0.15) is 17.0 Å². The second-order valence-electron chi connectivity index (χ2n) is 6.74. The predicted octanol–water partition coefficient (Wildman–Crippen LogP) is 2.93. The Kier molecular flexibility index (Phi) is 5.30. The average Bonchev–Trinajstić information content (AvgIpc) is 3.18. The zero-order valence-corrected chi connectivity index (χ0v) is 16.7. The van der Waals surface area contributed by atoms with E-state index in [2.05, 4.69) is 15.4 Å². The molecule has 2 aromatic heterocycles. The summed E-state index contributed by atoms with van der Waals surface area (Å²) < 4.78 is 8.39. The number of carbonyl (C=O) groups excluding carboxylic acids is 1. The Bertz CT molecular complexity index is 1260. The van der Waals surface area contributed by atoms with Crippen molar-refractivity contribution in [1.82, 2.24) is 19.3 Å². The molecule has 2 aromatic carbocycles. The standard InChI is InChI=1S/C22H21N5O3/c1-15-24-21-17(14-23-27(21)16-8-4-3-5-9-16)22(29)26(15)13-12-20(28)25-18-10-6-7-11-19(18)30-2/h3-11,14H,12-13H2,1-2H3,(H,25,28). The number of ether oxygens (including phenoxy) is 1. The molecule has 1 N–H and O–H groups in total. The molecular formula is C22H21N5O3. The Morgan fingerprint density at radius 2 is 1.83 bits per heavy atom. The van der Waals surface area contributed by atoms with Gasteiger partial charge >= 0.3 is 0 Å². The zero-order valence-electron chi connectivity index (χ0n) is 16.7. The maximum Gasteiger partial charge on any atom is 0.264 e. The second kappa shape index (κ2) is 8.20. The van der Waals surface area contributed by atoms with Gasteiger partial charge in [0.05, 0.1) is 24.7 Å². The highest BCUT2D eigenvalue weighted by Crippen LogP contribution is 2.23. The topological polar surface area (TPSA) is 91.0 Å². The molecule has 30 heavy (non-hydrogen) atoms. The molecule has 0 aliphatic rings. The Balaban J connectivity index is 1.56. The molecule has 0 saturated carbocycles. The van der Waals surface area contributed by atoms with E-state index in [1.165, 1.54) is 10.8 Å². The van der Waals surface area contributed by atoms with E-state index < -0.39 is 0 Å². The minimum atomic E-state index is -0.218. The van der Waals surface area contributed by atoms with Gasteiger partial charge in [-0.25, -0.2) is 9.67 Å². The van der Waals surface area contributed by atoms with Crippen molar-refractivity contribution in [2.24, 2.45) is 0 Å². The molecule has 4 aromatic rings. The van der Waals surface area contributed by atoms with Gasteiger partial charge in [0, 0.05) is 13.0 Å². The number of rotatable bonds is 6. The molecule has 2 heterocycles. The van der Waals surface area contributed by atoms with E-state index in [1.54, 1.807) is 30.8 Å². The van der Waals surface area contributed by atoms with E-state index in [0.717, 1.165) is 5.69 Å². The van der Waals surface area contributed by atoms with Crippen molar-refractivity contribution in [3.05, 3.63) is 77.0 Å². The molecule has 0 spiro atoms. The average molecular weight is 403 g/mol. The SMILES string of the molecule is COc1ccccc1NC(=O)CCn1c(C)nc2c(cnn2-c2ccccc2)c1=O. The summed E-state index contributed by atoms with van der Waals surface area (Å²) in [7, 11) is 1.55. The van der Waals surface area contributed by atoms with Crippen molar-refractivity contribution in [1.29, 1.82) is 0 Å². The van der Waals surface area contributed by atoms with E-state index in [-0.39, 0.29) is 24.4 Å². The van der Waals surface area contributed by atoms with Crippen LogP contribution in [0.25, 0.3) is 16.7 Å². The summed E-state index contributed by atoms with van der Waals surface area (Å²) in [5.74, 6) is 0.886. The Morgan fingerprint density at radius 3 is 2.60 bits per heavy atom. The number of carbonyl (C=O) groups is 1. The highest BCUT2D eigenvalue weighted by molar-refractivity contribution is 5.92. The fourth-order valence-electron chi connectivity index (χ4n) is 3.30. The molecular weight excluding hydrogens is 382 g/mol. The summed E-state index contributed by atoms with van der Waals surface area (Å²) in [5.41, 5.74) is 1.70. The van der Waals surface area contributed by atoms with Gasteiger partial charge in [-0.05, 0) is 31.2 Å². The third-order valence-corrected chi connectivity index (χ3v) is 4.82. The minimum Gasteiger partial charge on any atom is -0.495 e. The smallest absolute Gasteiger partial charge is 0.264 e. The first kappa shape index (κ1) is 19.4. The largest absolute Gasteiger partial charge is 0.495 e. The van der Waals surface area contributed by atoms with Crippen LogP contribution in [0.5, 0.6) is 5.75 Å². The number of fused-ring (bicyclic) bond motifs is 1. The first-order chi connectivity index (χ1) is 14.6. The van der Waals surface area contributed by atoms with Gasteiger partial charge in [0.2, 0.25) is 5.91 Å². The summed E-state index contributed by atoms with van der Waals surface area (Å²) in [5, 5.41) is 7.56. The van der Waals surface area contributed by atoms with Crippen molar-refractivity contribution in [2.45, 2.75) is 19.9 Å². The molecule has 0 aliphatic heterocycles. The van der Waals surface area contributed by atoms with Crippen molar-refractivity contribution in [3.63, 3.8) is 0 Å². The van der Waals surface area contributed by atoms with E-state index in [9.17, 15) is 9.59 Å². The number of hydrogen-bond donors (Lipinski definition) is 1. The molecule has 1 amide bonds. The number of amides is 1. The number of aryl methyl sites for hydroxylation is 1. The number of nitrogens with zero attached hydrogens (tertiary/aromatic N) is 4. The monoisotopic (exact) mass is 403 g/mol. The normalized spacial score (nSPS) is 10.9. The minimum absolute atomic E-state index is 0.124. The lowest BCUT2D eigenvalue weighted by Gasteiger charge is -2.12. The molecule has 0 atom stereocenters. The first-order valence-electron chi connectivity index (χ1n) is 9.52. The van der Waals surface area contributed by atoms with Gasteiger partial charge in [-0.15, -0.1) is 0 Å². The number of nitrogens with one attached hydrogen (secondary N) is 1. The summed E-state index contributed by atoms with van der Waals surface area (Å²) in [6.07, 6.45) is 1.64. The number of methoxy groups -OCH3 is 1. The van der Waals surface area contributed by atoms with Gasteiger partial charge in [-0.1, -0.05) is 30.3 Å². The summed E-state index contributed by atoms with van der Waals surface area (Å²) in [6.45, 7) is 1.96. The molecule has 4 rings (SSSR count). The molecule has 8 nitrogen and oxygen atoms in total. The zero-order chi connectivity index (χ0) is 21.1. The summed E-state index contributed by atoms with van der Waals surface area (Å²) in [6, 6.07) is 16.7. The van der Waals surface area contributed by atoms with Crippen LogP contribution in [-0.4, -0.2) is 32.3 Å². The highest BCUT2D eigenvalue weighted by Gasteiger charge is 2.15. The number of benzene rings is 2. The third-order valence-electron chi connectivity index (χ3n) is 4.82. The quantitative estimate of drug-likeness (QED) is 0.535. The summed E-state index contributed by atoms with van der Waals surface area (Å²) in [4.78, 5) is 30.0. The van der Waals surface area contributed by atoms with Gasteiger partial charge in [0.15, 0.2) is 5.65 Å². The van der Waals surface area contributed by atoms with E-state index in [4.69, 9.17) is 4.74 Å². The van der Waals surface area contributed by atoms with Crippen LogP contribution >= 0.6 is 0 Å². The van der Waals surface area contributed by atoms with Crippen LogP contribution in [-0.2, 0) is 11.3 Å². The number of aromatic nitrogens is 4. The third kappa shape index (κ3) is 3.67.